The Morgan fingerprint density at radius 1 is 1.19 bits per heavy atom. The zero-order valence-electron chi connectivity index (χ0n) is 17.1. The lowest BCUT2D eigenvalue weighted by Crippen LogP contribution is -2.13. The molecule has 1 amide bonds. The Morgan fingerprint density at radius 3 is 2.75 bits per heavy atom. The molecule has 1 fully saturated rings. The summed E-state index contributed by atoms with van der Waals surface area (Å²) in [6.45, 7) is 0. The number of aromatic nitrogens is 5. The third-order valence-corrected chi connectivity index (χ3v) is 6.21. The maximum atomic E-state index is 15.5. The minimum atomic E-state index is -0.507. The van der Waals surface area contributed by atoms with E-state index >= 15 is 4.39 Å². The van der Waals surface area contributed by atoms with Gasteiger partial charge in [-0.15, -0.1) is 0 Å². The predicted molar refractivity (Wildman–Crippen MR) is 121 cm³/mol. The first kappa shape index (κ1) is 19.1. The lowest BCUT2D eigenvalue weighted by Gasteiger charge is -2.12. The van der Waals surface area contributed by atoms with E-state index in [1.807, 2.05) is 48.4 Å². The van der Waals surface area contributed by atoms with Crippen LogP contribution in [0.15, 0.2) is 49.2 Å². The van der Waals surface area contributed by atoms with E-state index in [-0.39, 0.29) is 16.8 Å². The molecule has 9 heteroatoms. The van der Waals surface area contributed by atoms with Gasteiger partial charge in [-0.25, -0.2) is 9.37 Å². The van der Waals surface area contributed by atoms with Crippen LogP contribution in [0.1, 0.15) is 12.8 Å². The monoisotopic (exact) mass is 448 g/mol. The third kappa shape index (κ3) is 2.98. The molecule has 7 nitrogen and oxygen atoms in total. The van der Waals surface area contributed by atoms with Crippen molar-refractivity contribution in [3.8, 4) is 22.3 Å². The standard InChI is InChI=1S/C23H18ClFN6O/c1-30-7-6-14(9-30)19-21(25)20(24)18(15-8-26-29-22(15)19)13-4-5-17-27-16(11-31(17)10-13)28-23(32)12-2-3-12/h4-12H,2-3H2,1H3,(H,26,29)(H,28,32). The fraction of sp³-hybridized carbons (Fsp3) is 0.174. The van der Waals surface area contributed by atoms with Crippen LogP contribution in [0.3, 0.4) is 0 Å². The molecule has 0 spiro atoms. The summed E-state index contributed by atoms with van der Waals surface area (Å²) >= 11 is 6.59. The molecule has 2 N–H and O–H groups in total. The van der Waals surface area contributed by atoms with Crippen LogP contribution in [0.25, 0.3) is 38.8 Å². The minimum absolute atomic E-state index is 0.00430. The topological polar surface area (TPSA) is 80.0 Å². The molecule has 4 heterocycles. The summed E-state index contributed by atoms with van der Waals surface area (Å²) in [4.78, 5) is 16.5. The molecule has 1 aliphatic carbocycles. The van der Waals surface area contributed by atoms with Crippen LogP contribution in [-0.4, -0.2) is 30.1 Å². The van der Waals surface area contributed by atoms with Crippen molar-refractivity contribution >= 4 is 39.9 Å². The van der Waals surface area contributed by atoms with Gasteiger partial charge in [-0.1, -0.05) is 11.6 Å². The van der Waals surface area contributed by atoms with Crippen LogP contribution in [0, 0.1) is 11.7 Å². The number of anilines is 1. The third-order valence-electron chi connectivity index (χ3n) is 5.85. The molecule has 0 unspecified atom stereocenters. The molecular weight excluding hydrogens is 431 g/mol. The maximum absolute atomic E-state index is 15.5. The lowest BCUT2D eigenvalue weighted by atomic mass is 9.97. The second-order valence-electron chi connectivity index (χ2n) is 8.18. The van der Waals surface area contributed by atoms with Crippen LogP contribution >= 0.6 is 11.6 Å². The average Bonchev–Trinajstić information content (AvgIpc) is 3.16. The van der Waals surface area contributed by atoms with Gasteiger partial charge in [0, 0.05) is 59.2 Å². The number of nitrogens with zero attached hydrogens (tertiary/aromatic N) is 4. The van der Waals surface area contributed by atoms with Gasteiger partial charge < -0.3 is 14.3 Å². The average molecular weight is 449 g/mol. The molecule has 0 atom stereocenters. The van der Waals surface area contributed by atoms with Crippen molar-refractivity contribution in [3.63, 3.8) is 0 Å². The van der Waals surface area contributed by atoms with Crippen LogP contribution in [0.4, 0.5) is 10.2 Å². The molecule has 160 valence electrons. The van der Waals surface area contributed by atoms with Gasteiger partial charge in [0.2, 0.25) is 5.91 Å². The van der Waals surface area contributed by atoms with E-state index in [2.05, 4.69) is 20.5 Å². The highest BCUT2D eigenvalue weighted by atomic mass is 35.5. The van der Waals surface area contributed by atoms with E-state index in [0.717, 1.165) is 18.2 Å². The Hall–Kier alpha value is -3.65. The SMILES string of the molecule is Cn1ccc(-c2c(F)c(Cl)c(-c3ccc4nc(NC(=O)C5CC5)cn4c3)c3cn[nH]c23)c1. The van der Waals surface area contributed by atoms with Gasteiger partial charge in [0.15, 0.2) is 11.6 Å². The highest BCUT2D eigenvalue weighted by Gasteiger charge is 2.30. The Kier molecular flexibility index (Phi) is 4.13. The van der Waals surface area contributed by atoms with Crippen molar-refractivity contribution in [3.05, 3.63) is 60.0 Å². The van der Waals surface area contributed by atoms with E-state index in [1.165, 1.54) is 0 Å². The number of halogens is 2. The second kappa shape index (κ2) is 6.93. The number of carbonyl (C=O) groups is 1. The number of benzene rings is 1. The predicted octanol–water partition coefficient (Wildman–Crippen LogP) is 5.02. The van der Waals surface area contributed by atoms with E-state index in [1.54, 1.807) is 16.8 Å². The first-order valence-corrected chi connectivity index (χ1v) is 10.6. The number of carbonyl (C=O) groups excluding carboxylic acids is 1. The number of rotatable bonds is 4. The first-order valence-electron chi connectivity index (χ1n) is 10.3. The number of H-pyrrole nitrogens is 1. The Labute approximate surface area is 186 Å². The number of hydrogen-bond donors (Lipinski definition) is 2. The van der Waals surface area contributed by atoms with Gasteiger partial charge in [0.05, 0.1) is 22.9 Å². The molecule has 0 radical (unpaired) electrons. The van der Waals surface area contributed by atoms with Gasteiger partial charge >= 0.3 is 0 Å². The maximum Gasteiger partial charge on any atom is 0.228 e. The van der Waals surface area contributed by atoms with Crippen molar-refractivity contribution in [2.75, 3.05) is 5.32 Å². The number of hydrogen-bond acceptors (Lipinski definition) is 3. The molecule has 4 aromatic heterocycles. The molecule has 6 rings (SSSR count). The van der Waals surface area contributed by atoms with Crippen molar-refractivity contribution in [2.45, 2.75) is 12.8 Å². The largest absolute Gasteiger partial charge is 0.357 e. The van der Waals surface area contributed by atoms with Crippen molar-refractivity contribution in [1.82, 2.24) is 24.1 Å². The van der Waals surface area contributed by atoms with E-state index in [0.29, 0.717) is 39.2 Å². The number of aromatic amines is 1. The fourth-order valence-electron chi connectivity index (χ4n) is 4.09. The van der Waals surface area contributed by atoms with Crippen molar-refractivity contribution < 1.29 is 9.18 Å². The van der Waals surface area contributed by atoms with E-state index < -0.39 is 5.82 Å². The Balaban J connectivity index is 1.48. The van der Waals surface area contributed by atoms with Crippen LogP contribution < -0.4 is 5.32 Å². The summed E-state index contributed by atoms with van der Waals surface area (Å²) in [6, 6.07) is 5.49. The van der Waals surface area contributed by atoms with Crippen LogP contribution in [0.2, 0.25) is 5.02 Å². The van der Waals surface area contributed by atoms with Gasteiger partial charge in [0.25, 0.3) is 0 Å². The Bertz CT molecular complexity index is 1530. The molecule has 1 saturated carbocycles. The highest BCUT2D eigenvalue weighted by Crippen LogP contribution is 2.42. The number of aryl methyl sites for hydroxylation is 1. The zero-order chi connectivity index (χ0) is 22.0. The number of amides is 1. The summed E-state index contributed by atoms with van der Waals surface area (Å²) < 4.78 is 19.2. The van der Waals surface area contributed by atoms with Gasteiger partial charge in [0.1, 0.15) is 5.65 Å². The molecule has 1 aliphatic rings. The second-order valence-corrected chi connectivity index (χ2v) is 8.55. The van der Waals surface area contributed by atoms with Crippen molar-refractivity contribution in [1.29, 1.82) is 0 Å². The summed E-state index contributed by atoms with van der Waals surface area (Å²) in [7, 11) is 1.88. The normalized spacial score (nSPS) is 13.8. The molecule has 0 bridgehead atoms. The molecule has 32 heavy (non-hydrogen) atoms. The lowest BCUT2D eigenvalue weighted by molar-refractivity contribution is -0.117. The highest BCUT2D eigenvalue weighted by molar-refractivity contribution is 6.36. The van der Waals surface area contributed by atoms with E-state index in [4.69, 9.17) is 11.6 Å². The summed E-state index contributed by atoms with van der Waals surface area (Å²) in [6.07, 6.45) is 10.8. The molecule has 0 saturated heterocycles. The Morgan fingerprint density at radius 2 is 2.00 bits per heavy atom. The number of nitrogens with one attached hydrogen (secondary N) is 2. The van der Waals surface area contributed by atoms with E-state index in [9.17, 15) is 4.79 Å². The van der Waals surface area contributed by atoms with Gasteiger partial charge in [-0.3, -0.25) is 9.89 Å². The molecular formula is C23H18ClFN6O. The van der Waals surface area contributed by atoms with Crippen molar-refractivity contribution in [2.24, 2.45) is 13.0 Å². The van der Waals surface area contributed by atoms with Gasteiger partial charge in [-0.2, -0.15) is 5.10 Å². The molecule has 0 aliphatic heterocycles. The number of pyridine rings is 1. The number of fused-ring (bicyclic) bond motifs is 2. The van der Waals surface area contributed by atoms with Crippen LogP contribution in [0.5, 0.6) is 0 Å². The summed E-state index contributed by atoms with van der Waals surface area (Å²) in [5.74, 6) is 0.0713. The summed E-state index contributed by atoms with van der Waals surface area (Å²) in [5, 5.41) is 10.7. The smallest absolute Gasteiger partial charge is 0.228 e. The van der Waals surface area contributed by atoms with Crippen LogP contribution in [-0.2, 0) is 11.8 Å². The summed E-state index contributed by atoms with van der Waals surface area (Å²) in [5.41, 5.74) is 3.61. The molecule has 5 aromatic rings. The van der Waals surface area contributed by atoms with Gasteiger partial charge in [-0.05, 0) is 31.0 Å². The number of imidazole rings is 1. The molecule has 1 aromatic carbocycles. The fourth-order valence-corrected chi connectivity index (χ4v) is 4.40. The minimum Gasteiger partial charge on any atom is -0.357 e. The first-order chi connectivity index (χ1) is 15.5. The quantitative estimate of drug-likeness (QED) is 0.405. The zero-order valence-corrected chi connectivity index (χ0v) is 17.8.